The van der Waals surface area contributed by atoms with E-state index >= 15 is 0 Å². The van der Waals surface area contributed by atoms with Gasteiger partial charge in [-0.05, 0) is 57.1 Å². The Hall–Kier alpha value is -3.32. The van der Waals surface area contributed by atoms with E-state index in [9.17, 15) is 0 Å². The zero-order valence-electron chi connectivity index (χ0n) is 17.2. The van der Waals surface area contributed by atoms with Crippen LogP contribution in [0.4, 0.5) is 5.69 Å². The average molecular weight is 376 g/mol. The lowest BCUT2D eigenvalue weighted by atomic mass is 9.79. The number of nitrogens with two attached hydrogens (primary N) is 1. The Bertz CT molecular complexity index is 1290. The molecule has 0 radical (unpaired) electrons. The van der Waals surface area contributed by atoms with Crippen LogP contribution < -0.4 is 5.73 Å². The van der Waals surface area contributed by atoms with Gasteiger partial charge in [-0.25, -0.2) is 0 Å². The van der Waals surface area contributed by atoms with Crippen molar-refractivity contribution in [3.63, 3.8) is 0 Å². The van der Waals surface area contributed by atoms with Gasteiger partial charge in [0.05, 0.1) is 0 Å². The second kappa shape index (κ2) is 6.35. The van der Waals surface area contributed by atoms with Crippen molar-refractivity contribution in [1.29, 1.82) is 0 Å². The molecule has 0 aliphatic heterocycles. The molecule has 4 aromatic carbocycles. The fraction of sp³-hybridized carbons (Fsp3) is 0.143. The zero-order valence-corrected chi connectivity index (χ0v) is 17.2. The fourth-order valence-electron chi connectivity index (χ4n) is 5.07. The first-order valence-electron chi connectivity index (χ1n) is 10.2. The number of hydrogen-bond acceptors (Lipinski definition) is 1. The predicted octanol–water partition coefficient (Wildman–Crippen LogP) is 7.43. The highest BCUT2D eigenvalue weighted by molar-refractivity contribution is 6.08. The molecule has 1 heteroatoms. The monoisotopic (exact) mass is 375 g/mol. The Labute approximate surface area is 172 Å². The van der Waals surface area contributed by atoms with Gasteiger partial charge in [-0.15, -0.1) is 0 Å². The highest BCUT2D eigenvalue weighted by Crippen LogP contribution is 2.52. The molecule has 1 nitrogen and oxygen atoms in total. The number of anilines is 1. The van der Waals surface area contributed by atoms with Crippen LogP contribution in [0.1, 0.15) is 37.5 Å². The quantitative estimate of drug-likeness (QED) is 0.362. The highest BCUT2D eigenvalue weighted by atomic mass is 14.6. The Morgan fingerprint density at radius 2 is 1.41 bits per heavy atom. The fourth-order valence-corrected chi connectivity index (χ4v) is 5.07. The highest BCUT2D eigenvalue weighted by Gasteiger charge is 2.36. The molecular weight excluding hydrogens is 350 g/mol. The molecule has 0 saturated heterocycles. The van der Waals surface area contributed by atoms with Crippen molar-refractivity contribution in [2.45, 2.75) is 26.2 Å². The van der Waals surface area contributed by atoms with Crippen LogP contribution in [0, 0.1) is 0 Å². The van der Waals surface area contributed by atoms with Gasteiger partial charge in [-0.2, -0.15) is 0 Å². The lowest BCUT2D eigenvalue weighted by Crippen LogP contribution is -2.15. The Morgan fingerprint density at radius 1 is 0.724 bits per heavy atom. The standard InChI is InChI=1S/C28H25N/c1-4-9-18-10-5-6-11-19(18)26-21-14-15-22-20-12-7-8-13-24(20)28(2,3)27(22)23(21)16-17-25(26)29/h4-17H,29H2,1-3H3/b9-4-. The van der Waals surface area contributed by atoms with Gasteiger partial charge in [0.25, 0.3) is 0 Å². The van der Waals surface area contributed by atoms with E-state index in [-0.39, 0.29) is 5.41 Å². The second-order valence-electron chi connectivity index (χ2n) is 8.37. The van der Waals surface area contributed by atoms with Gasteiger partial charge in [0.2, 0.25) is 0 Å². The lowest BCUT2D eigenvalue weighted by Gasteiger charge is -2.24. The molecule has 0 bridgehead atoms. The predicted molar refractivity (Wildman–Crippen MR) is 126 cm³/mol. The number of allylic oxidation sites excluding steroid dienone is 1. The summed E-state index contributed by atoms with van der Waals surface area (Å²) in [4.78, 5) is 0. The molecule has 0 atom stereocenters. The van der Waals surface area contributed by atoms with Crippen LogP contribution in [0.25, 0.3) is 39.1 Å². The van der Waals surface area contributed by atoms with E-state index < -0.39 is 0 Å². The van der Waals surface area contributed by atoms with E-state index in [1.165, 1.54) is 44.2 Å². The molecule has 142 valence electrons. The number of fused-ring (bicyclic) bond motifs is 5. The Morgan fingerprint density at radius 3 is 2.21 bits per heavy atom. The molecule has 4 aromatic rings. The third-order valence-corrected chi connectivity index (χ3v) is 6.33. The van der Waals surface area contributed by atoms with E-state index in [0.717, 1.165) is 11.3 Å². The Balaban J connectivity index is 1.88. The van der Waals surface area contributed by atoms with Gasteiger partial charge < -0.3 is 5.73 Å². The molecule has 0 heterocycles. The smallest absolute Gasteiger partial charge is 0.0400 e. The van der Waals surface area contributed by atoms with Crippen molar-refractivity contribution in [3.05, 3.63) is 95.6 Å². The van der Waals surface area contributed by atoms with Crippen molar-refractivity contribution in [2.75, 3.05) is 5.73 Å². The summed E-state index contributed by atoms with van der Waals surface area (Å²) in [7, 11) is 0. The van der Waals surface area contributed by atoms with Crippen LogP contribution in [0.15, 0.2) is 78.9 Å². The molecular formula is C28H25N. The van der Waals surface area contributed by atoms with Crippen LogP contribution in [0.5, 0.6) is 0 Å². The molecule has 2 N–H and O–H groups in total. The van der Waals surface area contributed by atoms with Gasteiger partial charge in [0, 0.05) is 16.7 Å². The van der Waals surface area contributed by atoms with Gasteiger partial charge >= 0.3 is 0 Å². The van der Waals surface area contributed by atoms with Crippen LogP contribution in [0.3, 0.4) is 0 Å². The van der Waals surface area contributed by atoms with Crippen LogP contribution >= 0.6 is 0 Å². The average Bonchev–Trinajstić information content (AvgIpc) is 2.97. The molecule has 0 saturated carbocycles. The largest absolute Gasteiger partial charge is 0.398 e. The summed E-state index contributed by atoms with van der Waals surface area (Å²) >= 11 is 0. The number of hydrogen-bond donors (Lipinski definition) is 1. The first-order chi connectivity index (χ1) is 14.0. The molecule has 5 rings (SSSR count). The molecule has 0 amide bonds. The summed E-state index contributed by atoms with van der Waals surface area (Å²) in [5.41, 5.74) is 16.3. The van der Waals surface area contributed by atoms with Crippen molar-refractivity contribution in [1.82, 2.24) is 0 Å². The molecule has 1 aliphatic rings. The van der Waals surface area contributed by atoms with E-state index in [0.29, 0.717) is 0 Å². The maximum absolute atomic E-state index is 6.56. The summed E-state index contributed by atoms with van der Waals surface area (Å²) in [5, 5.41) is 2.52. The van der Waals surface area contributed by atoms with Crippen molar-refractivity contribution in [3.8, 4) is 22.3 Å². The zero-order chi connectivity index (χ0) is 20.2. The first-order valence-corrected chi connectivity index (χ1v) is 10.2. The molecule has 0 fully saturated rings. The molecule has 29 heavy (non-hydrogen) atoms. The summed E-state index contributed by atoms with van der Waals surface area (Å²) in [6, 6.07) is 26.1. The minimum absolute atomic E-state index is 0.0400. The van der Waals surface area contributed by atoms with Crippen LogP contribution in [-0.2, 0) is 5.41 Å². The summed E-state index contributed by atoms with van der Waals surface area (Å²) in [6.45, 7) is 6.72. The van der Waals surface area contributed by atoms with Crippen molar-refractivity contribution >= 4 is 22.5 Å². The van der Waals surface area contributed by atoms with Gasteiger partial charge in [0.15, 0.2) is 0 Å². The normalized spacial score (nSPS) is 14.3. The molecule has 1 aliphatic carbocycles. The topological polar surface area (TPSA) is 26.0 Å². The van der Waals surface area contributed by atoms with Crippen LogP contribution in [-0.4, -0.2) is 0 Å². The lowest BCUT2D eigenvalue weighted by molar-refractivity contribution is 0.666. The minimum atomic E-state index is -0.0400. The summed E-state index contributed by atoms with van der Waals surface area (Å²) in [6.07, 6.45) is 4.23. The third kappa shape index (κ3) is 2.47. The van der Waals surface area contributed by atoms with E-state index in [2.05, 4.69) is 106 Å². The van der Waals surface area contributed by atoms with Crippen LogP contribution in [0.2, 0.25) is 0 Å². The second-order valence-corrected chi connectivity index (χ2v) is 8.37. The number of benzene rings is 4. The maximum Gasteiger partial charge on any atom is 0.0400 e. The van der Waals surface area contributed by atoms with Gasteiger partial charge in [0.1, 0.15) is 0 Å². The summed E-state index contributed by atoms with van der Waals surface area (Å²) in [5.74, 6) is 0. The number of rotatable bonds is 2. The Kier molecular flexibility index (Phi) is 3.89. The third-order valence-electron chi connectivity index (χ3n) is 6.33. The minimum Gasteiger partial charge on any atom is -0.398 e. The van der Waals surface area contributed by atoms with Gasteiger partial charge in [-0.3, -0.25) is 0 Å². The van der Waals surface area contributed by atoms with Gasteiger partial charge in [-0.1, -0.05) is 92.7 Å². The molecule has 0 aromatic heterocycles. The van der Waals surface area contributed by atoms with E-state index in [1.807, 2.05) is 0 Å². The molecule has 0 spiro atoms. The van der Waals surface area contributed by atoms with Crippen molar-refractivity contribution < 1.29 is 0 Å². The SMILES string of the molecule is C/C=C\c1ccccc1-c1c(N)ccc2c3c(ccc12)-c1ccccc1C3(C)C. The molecule has 0 unspecified atom stereocenters. The van der Waals surface area contributed by atoms with E-state index in [4.69, 9.17) is 5.73 Å². The number of nitrogen functional groups attached to an aromatic ring is 1. The maximum atomic E-state index is 6.56. The summed E-state index contributed by atoms with van der Waals surface area (Å²) < 4.78 is 0. The van der Waals surface area contributed by atoms with Crippen molar-refractivity contribution in [2.24, 2.45) is 0 Å². The van der Waals surface area contributed by atoms with E-state index in [1.54, 1.807) is 0 Å². The first kappa shape index (κ1) is 17.8.